The van der Waals surface area contributed by atoms with E-state index in [9.17, 15) is 4.79 Å². The lowest BCUT2D eigenvalue weighted by atomic mass is 9.50. The van der Waals surface area contributed by atoms with Crippen molar-refractivity contribution in [1.29, 1.82) is 0 Å². The molecular formula is C56H89NO17. The third-order valence-corrected chi connectivity index (χ3v) is 22.2. The van der Waals surface area contributed by atoms with E-state index in [-0.39, 0.29) is 61.2 Å². The summed E-state index contributed by atoms with van der Waals surface area (Å²) in [7, 11) is 0. The van der Waals surface area contributed by atoms with Crippen molar-refractivity contribution in [2.24, 2.45) is 70.0 Å². The lowest BCUT2D eigenvalue weighted by molar-refractivity contribution is -0.588. The van der Waals surface area contributed by atoms with Gasteiger partial charge in [0, 0.05) is 53.8 Å². The first-order valence-corrected chi connectivity index (χ1v) is 28.7. The Kier molecular flexibility index (Phi) is 12.9. The van der Waals surface area contributed by atoms with E-state index in [1.807, 2.05) is 41.5 Å². The van der Waals surface area contributed by atoms with Crippen molar-refractivity contribution in [3.05, 3.63) is 0 Å². The highest BCUT2D eigenvalue weighted by Gasteiger charge is 2.77. The van der Waals surface area contributed by atoms with Crippen molar-refractivity contribution in [3.63, 3.8) is 0 Å². The van der Waals surface area contributed by atoms with Gasteiger partial charge in [-0.25, -0.2) is 34.1 Å². The molecule has 3 saturated carbocycles. The largest absolute Gasteiger partial charge is 0.444 e. The monoisotopic (exact) mass is 1050 g/mol. The number of carbonyl (C=O) groups excluding carboxylic acids is 1. The molecule has 0 aromatic heterocycles. The number of nitrogens with one attached hydrogen (secondary N) is 1. The van der Waals surface area contributed by atoms with Crippen molar-refractivity contribution < 1.29 is 81.5 Å². The van der Waals surface area contributed by atoms with Crippen LogP contribution in [0.15, 0.2) is 0 Å². The highest BCUT2D eigenvalue weighted by atomic mass is 17.3. The Morgan fingerprint density at radius 1 is 0.500 bits per heavy atom. The molecule has 420 valence electrons. The number of hydrogen-bond acceptors (Lipinski definition) is 17. The molecule has 1 N–H and O–H groups in total. The minimum absolute atomic E-state index is 0.0000699. The molecule has 0 radical (unpaired) electrons. The van der Waals surface area contributed by atoms with Gasteiger partial charge in [-0.2, -0.15) is 0 Å². The second-order valence-electron chi connectivity index (χ2n) is 27.9. The smallest absolute Gasteiger partial charge is 0.408 e. The number of hydrogen-bond donors (Lipinski definition) is 1. The van der Waals surface area contributed by atoms with Crippen LogP contribution in [0.1, 0.15) is 174 Å². The standard InChI is InChI=1S/C56H89NO17/c1-30-15-16-39-33(4)40(62-43-54(39)36(30)19-24-50(12,65-43)69-72-54)59-27-53(57-46(58)68-47(7,8)9,28-60-41-34(5)48(10)22-17-31(2)37-20-25-51(13)66-44(63-41)55(37,48)73-70-51)29-61-42-35(6)49(11)23-18-32(3)38-21-26-52(14)67-45(64-42)56(38,49)74-71-52/h30-45H,15-29H2,1-14H3,(H,57,58)/t30-,31-,32-,33-,34+,35+,36+,37+,38+,39+,40?,41?,42?,43-,44-,45-,48+,49+,50-,51-,52-,53?,54-,55+,56+/m1/s1. The second kappa shape index (κ2) is 17.8. The molecule has 6 bridgehead atoms. The molecule has 18 nitrogen and oxygen atoms in total. The average Bonchev–Trinajstić information content (AvgIpc) is 3.83. The number of amides is 1. The first kappa shape index (κ1) is 53.3. The molecule has 12 aliphatic heterocycles. The number of rotatable bonds is 10. The van der Waals surface area contributed by atoms with Gasteiger partial charge in [-0.15, -0.1) is 0 Å². The maximum Gasteiger partial charge on any atom is 0.408 e. The lowest BCUT2D eigenvalue weighted by Gasteiger charge is -2.65. The molecule has 3 unspecified atom stereocenters. The van der Waals surface area contributed by atoms with Crippen LogP contribution < -0.4 is 5.32 Å². The SMILES string of the molecule is C[C@@H]1CC[C@H]2[C@@H](C)C(OCC(COC3O[C@@H]4O[C@@]5(C)CC[C@H]6[C@H](C)CC[C@@](C)([C@H]3C)[C@@]46OO5)(COC3O[C@@H]4O[C@@]5(C)CC[C@H]6[C@H](C)CC[C@@](C)([C@H]3C)[C@@]46OO5)NC(=O)OC(C)(C)C)O[C@@H]3O[C@@]4(C)CC[C@@H]1[C@]32OO4. The van der Waals surface area contributed by atoms with Crippen molar-refractivity contribution in [3.8, 4) is 0 Å². The molecular weight excluding hydrogens is 959 g/mol. The first-order valence-electron chi connectivity index (χ1n) is 28.7. The molecule has 74 heavy (non-hydrogen) atoms. The van der Waals surface area contributed by atoms with E-state index in [1.165, 1.54) is 0 Å². The van der Waals surface area contributed by atoms with Gasteiger partial charge in [0.1, 0.15) is 11.1 Å². The Morgan fingerprint density at radius 3 is 1.43 bits per heavy atom. The van der Waals surface area contributed by atoms with Gasteiger partial charge in [0.15, 0.2) is 54.5 Å². The van der Waals surface area contributed by atoms with E-state index in [2.05, 4.69) is 60.7 Å². The molecule has 24 atom stereocenters. The Bertz CT molecular complexity index is 2060. The molecule has 3 aliphatic carbocycles. The number of fused-ring (bicyclic) bond motifs is 6. The van der Waals surface area contributed by atoms with Crippen molar-refractivity contribution >= 4 is 6.09 Å². The molecule has 15 fully saturated rings. The van der Waals surface area contributed by atoms with Gasteiger partial charge in [-0.3, -0.25) is 0 Å². The number of alkyl carbamates (subject to hydrolysis) is 1. The molecule has 1 amide bonds. The maximum absolute atomic E-state index is 14.5. The summed E-state index contributed by atoms with van der Waals surface area (Å²) in [5, 5.41) is 3.28. The van der Waals surface area contributed by atoms with Crippen LogP contribution in [-0.2, 0) is 76.7 Å². The Balaban J connectivity index is 0.887. The van der Waals surface area contributed by atoms with E-state index in [1.54, 1.807) is 0 Å². The van der Waals surface area contributed by atoms with Gasteiger partial charge in [-0.1, -0.05) is 55.4 Å². The van der Waals surface area contributed by atoms with Crippen LogP contribution in [-0.4, -0.2) is 109 Å². The summed E-state index contributed by atoms with van der Waals surface area (Å²) >= 11 is 0. The molecule has 3 spiro atoms. The zero-order chi connectivity index (χ0) is 52.4. The van der Waals surface area contributed by atoms with Gasteiger partial charge in [0.25, 0.3) is 0 Å². The molecule has 0 aromatic carbocycles. The highest BCUT2D eigenvalue weighted by Crippen LogP contribution is 2.68. The quantitative estimate of drug-likeness (QED) is 0.204. The minimum atomic E-state index is -1.44. The molecule has 12 heterocycles. The van der Waals surface area contributed by atoms with Gasteiger partial charge < -0.3 is 52.7 Å². The second-order valence-corrected chi connectivity index (χ2v) is 27.9. The van der Waals surface area contributed by atoms with E-state index < -0.39 is 100.0 Å². The molecule has 15 rings (SSSR count). The van der Waals surface area contributed by atoms with Crippen LogP contribution in [0.25, 0.3) is 0 Å². The average molecular weight is 1050 g/mol. The van der Waals surface area contributed by atoms with E-state index in [4.69, 9.17) is 76.7 Å². The Labute approximate surface area is 438 Å². The topological polar surface area (TPSA) is 177 Å². The minimum Gasteiger partial charge on any atom is -0.444 e. The van der Waals surface area contributed by atoms with Crippen LogP contribution in [0.4, 0.5) is 4.79 Å². The molecule has 12 saturated heterocycles. The summed E-state index contributed by atoms with van der Waals surface area (Å²) in [5.41, 5.74) is -5.71. The maximum atomic E-state index is 14.5. The molecule has 15 aliphatic rings. The lowest BCUT2D eigenvalue weighted by Crippen LogP contribution is -2.75. The van der Waals surface area contributed by atoms with Crippen molar-refractivity contribution in [2.45, 2.75) is 257 Å². The van der Waals surface area contributed by atoms with Crippen LogP contribution in [0.3, 0.4) is 0 Å². The Hall–Kier alpha value is -1.33. The number of ether oxygens (including phenoxy) is 10. The number of carbonyl (C=O) groups is 1. The summed E-state index contributed by atoms with van der Waals surface area (Å²) < 4.78 is 69.1. The van der Waals surface area contributed by atoms with Gasteiger partial charge in [0.05, 0.1) is 19.8 Å². The van der Waals surface area contributed by atoms with Crippen molar-refractivity contribution in [1.82, 2.24) is 5.32 Å². The fourth-order valence-electron chi connectivity index (χ4n) is 17.2. The van der Waals surface area contributed by atoms with Gasteiger partial charge in [0.2, 0.25) is 17.4 Å². The third kappa shape index (κ3) is 7.80. The van der Waals surface area contributed by atoms with E-state index >= 15 is 0 Å². The predicted octanol–water partition coefficient (Wildman–Crippen LogP) is 9.70. The molecule has 18 heteroatoms. The molecule has 0 aromatic rings. The van der Waals surface area contributed by atoms with Crippen LogP contribution >= 0.6 is 0 Å². The Morgan fingerprint density at radius 2 is 0.932 bits per heavy atom. The van der Waals surface area contributed by atoms with Gasteiger partial charge in [-0.05, 0) is 135 Å². The van der Waals surface area contributed by atoms with E-state index in [0.29, 0.717) is 37.0 Å². The first-order chi connectivity index (χ1) is 34.8. The van der Waals surface area contributed by atoms with Crippen molar-refractivity contribution in [2.75, 3.05) is 19.8 Å². The summed E-state index contributed by atoms with van der Waals surface area (Å²) in [4.78, 5) is 52.8. The van der Waals surface area contributed by atoms with Crippen LogP contribution in [0.5, 0.6) is 0 Å². The van der Waals surface area contributed by atoms with Crippen LogP contribution in [0, 0.1) is 70.0 Å². The van der Waals surface area contributed by atoms with Gasteiger partial charge >= 0.3 is 6.09 Å². The van der Waals surface area contributed by atoms with Crippen LogP contribution in [0.2, 0.25) is 0 Å². The summed E-state index contributed by atoms with van der Waals surface area (Å²) in [5.74, 6) is -1.90. The fourth-order valence-corrected chi connectivity index (χ4v) is 17.2. The third-order valence-electron chi connectivity index (χ3n) is 22.2. The zero-order valence-corrected chi connectivity index (χ0v) is 46.8. The summed E-state index contributed by atoms with van der Waals surface area (Å²) in [6.07, 6.45) is 5.07. The highest BCUT2D eigenvalue weighted by molar-refractivity contribution is 5.69. The predicted molar refractivity (Wildman–Crippen MR) is 260 cm³/mol. The fraction of sp³-hybridized carbons (Fsp3) is 0.982. The summed E-state index contributed by atoms with van der Waals surface area (Å²) in [6.45, 7) is 28.9. The zero-order valence-electron chi connectivity index (χ0n) is 46.8. The summed E-state index contributed by atoms with van der Waals surface area (Å²) in [6, 6.07) is 0. The normalized spacial score (nSPS) is 55.9. The van der Waals surface area contributed by atoms with E-state index in [0.717, 1.165) is 57.8 Å².